The smallest absolute Gasteiger partial charge is 0.256 e. The van der Waals surface area contributed by atoms with Gasteiger partial charge in [-0.05, 0) is 30.2 Å². The molecular weight excluding hydrogens is 319 g/mol. The molecule has 0 unspecified atom stereocenters. The van der Waals surface area contributed by atoms with E-state index in [1.807, 2.05) is 44.2 Å². The third-order valence-corrected chi connectivity index (χ3v) is 3.98. The molecule has 2 aromatic carbocycles. The van der Waals surface area contributed by atoms with Gasteiger partial charge in [-0.1, -0.05) is 32.0 Å². The Labute approximate surface area is 145 Å². The number of ether oxygens (including phenoxy) is 1. The number of rotatable bonds is 4. The van der Waals surface area contributed by atoms with Gasteiger partial charge in [0.1, 0.15) is 0 Å². The highest BCUT2D eigenvalue weighted by Gasteiger charge is 2.15. The Bertz CT molecular complexity index is 938. The SMILES string of the molecule is COc1cc(NC(=O)c2cc(C(C)C)nc3ccccc23)ccc1F. The van der Waals surface area contributed by atoms with Crippen LogP contribution in [0.15, 0.2) is 48.5 Å². The number of nitrogens with zero attached hydrogens (tertiary/aromatic N) is 1. The van der Waals surface area contributed by atoms with Crippen LogP contribution < -0.4 is 10.1 Å². The number of fused-ring (bicyclic) bond motifs is 1. The Balaban J connectivity index is 2.02. The van der Waals surface area contributed by atoms with Crippen LogP contribution in [0.25, 0.3) is 10.9 Å². The van der Waals surface area contributed by atoms with E-state index in [9.17, 15) is 9.18 Å². The third-order valence-electron chi connectivity index (χ3n) is 3.98. The Morgan fingerprint density at radius 3 is 2.64 bits per heavy atom. The van der Waals surface area contributed by atoms with E-state index in [0.29, 0.717) is 11.3 Å². The summed E-state index contributed by atoms with van der Waals surface area (Å²) >= 11 is 0. The van der Waals surface area contributed by atoms with E-state index >= 15 is 0 Å². The molecule has 1 heterocycles. The Kier molecular flexibility index (Phi) is 4.65. The summed E-state index contributed by atoms with van der Waals surface area (Å²) < 4.78 is 18.5. The minimum absolute atomic E-state index is 0.0836. The van der Waals surface area contributed by atoms with Crippen molar-refractivity contribution in [1.29, 1.82) is 0 Å². The van der Waals surface area contributed by atoms with Crippen LogP contribution in [-0.2, 0) is 0 Å². The van der Waals surface area contributed by atoms with Crippen LogP contribution in [0.3, 0.4) is 0 Å². The maximum absolute atomic E-state index is 13.5. The van der Waals surface area contributed by atoms with Crippen LogP contribution >= 0.6 is 0 Å². The molecule has 0 radical (unpaired) electrons. The van der Waals surface area contributed by atoms with Crippen molar-refractivity contribution in [2.24, 2.45) is 0 Å². The number of pyridine rings is 1. The molecule has 3 rings (SSSR count). The molecule has 25 heavy (non-hydrogen) atoms. The molecule has 0 atom stereocenters. The van der Waals surface area contributed by atoms with Gasteiger partial charge in [0.15, 0.2) is 11.6 Å². The molecule has 128 valence electrons. The molecule has 1 N–H and O–H groups in total. The lowest BCUT2D eigenvalue weighted by Crippen LogP contribution is -2.14. The normalized spacial score (nSPS) is 10.9. The van der Waals surface area contributed by atoms with Gasteiger partial charge in [0.05, 0.1) is 18.2 Å². The summed E-state index contributed by atoms with van der Waals surface area (Å²) in [7, 11) is 1.38. The van der Waals surface area contributed by atoms with Crippen LogP contribution in [-0.4, -0.2) is 18.0 Å². The number of carbonyl (C=O) groups excluding carboxylic acids is 1. The van der Waals surface area contributed by atoms with E-state index in [0.717, 1.165) is 16.6 Å². The van der Waals surface area contributed by atoms with Gasteiger partial charge in [-0.25, -0.2) is 4.39 Å². The second-order valence-electron chi connectivity index (χ2n) is 6.07. The quantitative estimate of drug-likeness (QED) is 0.746. The first-order valence-corrected chi connectivity index (χ1v) is 8.04. The number of carbonyl (C=O) groups is 1. The van der Waals surface area contributed by atoms with Crippen LogP contribution in [0.5, 0.6) is 5.75 Å². The number of halogens is 1. The van der Waals surface area contributed by atoms with Crippen molar-refractivity contribution in [2.45, 2.75) is 19.8 Å². The highest BCUT2D eigenvalue weighted by molar-refractivity contribution is 6.12. The number of methoxy groups -OCH3 is 1. The Morgan fingerprint density at radius 2 is 1.92 bits per heavy atom. The van der Waals surface area contributed by atoms with Crippen molar-refractivity contribution in [3.8, 4) is 5.75 Å². The highest BCUT2D eigenvalue weighted by atomic mass is 19.1. The van der Waals surface area contributed by atoms with Gasteiger partial charge in [-0.2, -0.15) is 0 Å². The minimum Gasteiger partial charge on any atom is -0.494 e. The summed E-state index contributed by atoms with van der Waals surface area (Å²) in [4.78, 5) is 17.4. The van der Waals surface area contributed by atoms with Crippen molar-refractivity contribution < 1.29 is 13.9 Å². The summed E-state index contributed by atoms with van der Waals surface area (Å²) in [6, 6.07) is 13.6. The van der Waals surface area contributed by atoms with Crippen molar-refractivity contribution in [3.63, 3.8) is 0 Å². The average Bonchev–Trinajstić information content (AvgIpc) is 2.62. The second-order valence-corrected chi connectivity index (χ2v) is 6.07. The predicted molar refractivity (Wildman–Crippen MR) is 96.7 cm³/mol. The lowest BCUT2D eigenvalue weighted by atomic mass is 10.0. The number of anilines is 1. The van der Waals surface area contributed by atoms with E-state index in [4.69, 9.17) is 4.74 Å². The first kappa shape index (κ1) is 16.9. The summed E-state index contributed by atoms with van der Waals surface area (Å²) in [5.41, 5.74) is 2.63. The van der Waals surface area contributed by atoms with Crippen molar-refractivity contribution in [1.82, 2.24) is 4.98 Å². The topological polar surface area (TPSA) is 51.2 Å². The standard InChI is InChI=1S/C20H19FN2O2/c1-12(2)18-11-15(14-6-4-5-7-17(14)23-18)20(24)22-13-8-9-16(21)19(10-13)25-3/h4-12H,1-3H3,(H,22,24). The average molecular weight is 338 g/mol. The first-order valence-electron chi connectivity index (χ1n) is 8.04. The maximum atomic E-state index is 13.5. The summed E-state index contributed by atoms with van der Waals surface area (Å²) in [6.45, 7) is 4.06. The van der Waals surface area contributed by atoms with Crippen molar-refractivity contribution >= 4 is 22.5 Å². The van der Waals surface area contributed by atoms with E-state index < -0.39 is 5.82 Å². The Morgan fingerprint density at radius 1 is 1.16 bits per heavy atom. The number of benzene rings is 2. The van der Waals surface area contributed by atoms with E-state index in [-0.39, 0.29) is 17.6 Å². The second kappa shape index (κ2) is 6.89. The summed E-state index contributed by atoms with van der Waals surface area (Å²) in [5, 5.41) is 3.58. The zero-order valence-electron chi connectivity index (χ0n) is 14.3. The lowest BCUT2D eigenvalue weighted by molar-refractivity contribution is 0.102. The minimum atomic E-state index is -0.475. The van der Waals surface area contributed by atoms with Gasteiger partial charge in [0.2, 0.25) is 0 Å². The zero-order chi connectivity index (χ0) is 18.0. The van der Waals surface area contributed by atoms with Gasteiger partial charge in [0, 0.05) is 22.8 Å². The molecule has 5 heteroatoms. The molecule has 0 aliphatic heterocycles. The molecule has 0 saturated heterocycles. The fourth-order valence-corrected chi connectivity index (χ4v) is 2.62. The maximum Gasteiger partial charge on any atom is 0.256 e. The van der Waals surface area contributed by atoms with E-state index in [1.54, 1.807) is 0 Å². The van der Waals surface area contributed by atoms with Crippen LogP contribution in [0, 0.1) is 5.82 Å². The summed E-state index contributed by atoms with van der Waals surface area (Å²) in [6.07, 6.45) is 0. The number of aromatic nitrogens is 1. The largest absolute Gasteiger partial charge is 0.494 e. The number of hydrogen-bond acceptors (Lipinski definition) is 3. The molecule has 1 aromatic heterocycles. The molecule has 0 fully saturated rings. The van der Waals surface area contributed by atoms with Gasteiger partial charge >= 0.3 is 0 Å². The van der Waals surface area contributed by atoms with Gasteiger partial charge in [-0.3, -0.25) is 9.78 Å². The van der Waals surface area contributed by atoms with Gasteiger partial charge in [0.25, 0.3) is 5.91 Å². The van der Waals surface area contributed by atoms with E-state index in [1.165, 1.54) is 25.3 Å². The van der Waals surface area contributed by atoms with Crippen LogP contribution in [0.2, 0.25) is 0 Å². The molecular formula is C20H19FN2O2. The predicted octanol–water partition coefficient (Wildman–Crippen LogP) is 4.76. The number of para-hydroxylation sites is 1. The molecule has 0 aliphatic rings. The van der Waals surface area contributed by atoms with Crippen molar-refractivity contribution in [2.75, 3.05) is 12.4 Å². The number of amides is 1. The first-order chi connectivity index (χ1) is 12.0. The van der Waals surface area contributed by atoms with Crippen LogP contribution in [0.4, 0.5) is 10.1 Å². The fraction of sp³-hybridized carbons (Fsp3) is 0.200. The molecule has 0 spiro atoms. The number of hydrogen-bond donors (Lipinski definition) is 1. The van der Waals surface area contributed by atoms with Gasteiger partial charge < -0.3 is 10.1 Å². The Hall–Kier alpha value is -2.95. The van der Waals surface area contributed by atoms with E-state index in [2.05, 4.69) is 10.3 Å². The monoisotopic (exact) mass is 338 g/mol. The summed E-state index contributed by atoms with van der Waals surface area (Å²) in [5.74, 6) is -0.464. The molecule has 1 amide bonds. The third kappa shape index (κ3) is 3.45. The molecule has 0 aliphatic carbocycles. The fourth-order valence-electron chi connectivity index (χ4n) is 2.62. The van der Waals surface area contributed by atoms with Gasteiger partial charge in [-0.15, -0.1) is 0 Å². The molecule has 3 aromatic rings. The zero-order valence-corrected chi connectivity index (χ0v) is 14.3. The van der Waals surface area contributed by atoms with Crippen molar-refractivity contribution in [3.05, 3.63) is 65.6 Å². The number of nitrogens with one attached hydrogen (secondary N) is 1. The van der Waals surface area contributed by atoms with Crippen LogP contribution in [0.1, 0.15) is 35.8 Å². The molecule has 4 nitrogen and oxygen atoms in total. The molecule has 0 saturated carbocycles. The lowest BCUT2D eigenvalue weighted by Gasteiger charge is -2.12. The highest BCUT2D eigenvalue weighted by Crippen LogP contribution is 2.25. The molecule has 0 bridgehead atoms.